The van der Waals surface area contributed by atoms with Gasteiger partial charge in [-0.15, -0.1) is 21.5 Å². The lowest BCUT2D eigenvalue weighted by atomic mass is 10.4. The quantitative estimate of drug-likeness (QED) is 0.798. The number of rotatable bonds is 4. The number of pyridine rings is 1. The summed E-state index contributed by atoms with van der Waals surface area (Å²) in [5, 5.41) is 14.2. The predicted octanol–water partition coefficient (Wildman–Crippen LogP) is 3.54. The Kier molecular flexibility index (Phi) is 3.70. The fourth-order valence-corrected chi connectivity index (χ4v) is 3.43. The van der Waals surface area contributed by atoms with Gasteiger partial charge in [-0.05, 0) is 26.0 Å². The number of nitrogens with one attached hydrogen (secondary N) is 1. The van der Waals surface area contributed by atoms with E-state index in [2.05, 4.69) is 39.3 Å². The van der Waals surface area contributed by atoms with Crippen molar-refractivity contribution in [3.8, 4) is 20.6 Å². The molecule has 0 saturated carbocycles. The van der Waals surface area contributed by atoms with Crippen LogP contribution < -0.4 is 5.32 Å². The minimum absolute atomic E-state index is 0.348. The molecule has 3 heterocycles. The van der Waals surface area contributed by atoms with Gasteiger partial charge in [0.2, 0.25) is 5.13 Å². The normalized spacial score (nSPS) is 10.9. The summed E-state index contributed by atoms with van der Waals surface area (Å²) < 4.78 is 0. The van der Waals surface area contributed by atoms with Crippen LogP contribution in [0.25, 0.3) is 20.6 Å². The first-order chi connectivity index (χ1) is 9.72. The average molecular weight is 303 g/mol. The highest BCUT2D eigenvalue weighted by Gasteiger charge is 2.12. The molecule has 0 bridgehead atoms. The first-order valence-electron chi connectivity index (χ1n) is 6.20. The summed E-state index contributed by atoms with van der Waals surface area (Å²) in [6.45, 7) is 4.15. The van der Waals surface area contributed by atoms with Crippen molar-refractivity contribution in [2.45, 2.75) is 19.9 Å². The van der Waals surface area contributed by atoms with Crippen molar-refractivity contribution in [2.75, 3.05) is 5.32 Å². The van der Waals surface area contributed by atoms with Crippen molar-refractivity contribution in [3.05, 3.63) is 30.6 Å². The molecule has 7 heteroatoms. The summed E-state index contributed by atoms with van der Waals surface area (Å²) in [6.07, 6.45) is 3.60. The zero-order valence-corrected chi connectivity index (χ0v) is 12.7. The van der Waals surface area contributed by atoms with Crippen LogP contribution in [0.15, 0.2) is 30.6 Å². The Balaban J connectivity index is 1.85. The zero-order chi connectivity index (χ0) is 13.9. The van der Waals surface area contributed by atoms with Crippen LogP contribution in [0.5, 0.6) is 0 Å². The Labute approximate surface area is 124 Å². The highest BCUT2D eigenvalue weighted by Crippen LogP contribution is 2.34. The second kappa shape index (κ2) is 5.64. The standard InChI is InChI=1S/C13H13N5S2/c1-8(2)16-13-18-17-12(20-13)10-7-15-11(19-10)9-5-3-4-6-14-9/h3-8H,1-2H3,(H,16,18). The summed E-state index contributed by atoms with van der Waals surface area (Å²) in [4.78, 5) is 9.72. The third-order valence-electron chi connectivity index (χ3n) is 2.44. The minimum Gasteiger partial charge on any atom is -0.358 e. The van der Waals surface area contributed by atoms with E-state index in [9.17, 15) is 0 Å². The van der Waals surface area contributed by atoms with Crippen molar-refractivity contribution in [2.24, 2.45) is 0 Å². The van der Waals surface area contributed by atoms with E-state index in [1.807, 2.05) is 24.4 Å². The number of thiazole rings is 1. The van der Waals surface area contributed by atoms with Gasteiger partial charge in [-0.2, -0.15) is 0 Å². The van der Waals surface area contributed by atoms with Crippen LogP contribution in [0, 0.1) is 0 Å². The number of nitrogens with zero attached hydrogens (tertiary/aromatic N) is 4. The van der Waals surface area contributed by atoms with Crippen LogP contribution in [-0.2, 0) is 0 Å². The number of aromatic nitrogens is 4. The van der Waals surface area contributed by atoms with Gasteiger partial charge >= 0.3 is 0 Å². The van der Waals surface area contributed by atoms with Gasteiger partial charge in [0, 0.05) is 18.4 Å². The van der Waals surface area contributed by atoms with E-state index in [1.54, 1.807) is 17.5 Å². The first kappa shape index (κ1) is 13.1. The Morgan fingerprint density at radius 3 is 2.70 bits per heavy atom. The van der Waals surface area contributed by atoms with E-state index >= 15 is 0 Å². The molecule has 0 aliphatic heterocycles. The van der Waals surface area contributed by atoms with Crippen molar-refractivity contribution in [3.63, 3.8) is 0 Å². The molecule has 0 aliphatic carbocycles. The third-order valence-corrected chi connectivity index (χ3v) is 4.48. The Hall–Kier alpha value is -1.86. The molecule has 1 N–H and O–H groups in total. The van der Waals surface area contributed by atoms with Crippen LogP contribution in [0.3, 0.4) is 0 Å². The number of anilines is 1. The molecular weight excluding hydrogens is 290 g/mol. The van der Waals surface area contributed by atoms with Crippen molar-refractivity contribution >= 4 is 27.8 Å². The highest BCUT2D eigenvalue weighted by molar-refractivity contribution is 7.24. The van der Waals surface area contributed by atoms with Gasteiger partial charge in [0.15, 0.2) is 5.01 Å². The molecule has 3 rings (SSSR count). The summed E-state index contributed by atoms with van der Waals surface area (Å²) >= 11 is 3.12. The number of hydrogen-bond donors (Lipinski definition) is 1. The predicted molar refractivity (Wildman–Crippen MR) is 83.0 cm³/mol. The zero-order valence-electron chi connectivity index (χ0n) is 11.1. The lowest BCUT2D eigenvalue weighted by Gasteiger charge is -2.02. The maximum Gasteiger partial charge on any atom is 0.206 e. The molecule has 0 atom stereocenters. The van der Waals surface area contributed by atoms with Gasteiger partial charge in [0.1, 0.15) is 5.01 Å². The SMILES string of the molecule is CC(C)Nc1nnc(-c2cnc(-c3ccccn3)s2)s1. The van der Waals surface area contributed by atoms with E-state index in [0.717, 1.165) is 25.7 Å². The van der Waals surface area contributed by atoms with Crippen LogP contribution >= 0.6 is 22.7 Å². The topological polar surface area (TPSA) is 63.6 Å². The van der Waals surface area contributed by atoms with Crippen molar-refractivity contribution < 1.29 is 0 Å². The van der Waals surface area contributed by atoms with Crippen LogP contribution in [-0.4, -0.2) is 26.2 Å². The van der Waals surface area contributed by atoms with Gasteiger partial charge in [0.25, 0.3) is 0 Å². The van der Waals surface area contributed by atoms with Crippen molar-refractivity contribution in [1.29, 1.82) is 0 Å². The van der Waals surface area contributed by atoms with Crippen LogP contribution in [0.2, 0.25) is 0 Å². The van der Waals surface area contributed by atoms with Gasteiger partial charge in [0.05, 0.1) is 10.6 Å². The fourth-order valence-electron chi connectivity index (χ4n) is 1.61. The van der Waals surface area contributed by atoms with Gasteiger partial charge in [-0.25, -0.2) is 4.98 Å². The van der Waals surface area contributed by atoms with Crippen LogP contribution in [0.4, 0.5) is 5.13 Å². The maximum atomic E-state index is 4.41. The molecule has 0 radical (unpaired) electrons. The van der Waals surface area contributed by atoms with Gasteiger partial charge < -0.3 is 5.32 Å². The second-order valence-electron chi connectivity index (χ2n) is 4.46. The molecule has 3 aromatic heterocycles. The molecule has 0 aliphatic rings. The Morgan fingerprint density at radius 2 is 1.95 bits per heavy atom. The van der Waals surface area contributed by atoms with E-state index in [-0.39, 0.29) is 0 Å². The molecule has 20 heavy (non-hydrogen) atoms. The van der Waals surface area contributed by atoms with E-state index < -0.39 is 0 Å². The summed E-state index contributed by atoms with van der Waals surface area (Å²) in [6, 6.07) is 6.15. The van der Waals surface area contributed by atoms with E-state index in [4.69, 9.17) is 0 Å². The van der Waals surface area contributed by atoms with Gasteiger partial charge in [-0.1, -0.05) is 17.4 Å². The van der Waals surface area contributed by atoms with E-state index in [0.29, 0.717) is 6.04 Å². The lowest BCUT2D eigenvalue weighted by Crippen LogP contribution is -2.08. The minimum atomic E-state index is 0.348. The second-order valence-corrected chi connectivity index (χ2v) is 6.46. The summed E-state index contributed by atoms with van der Waals surface area (Å²) in [5.41, 5.74) is 0.883. The first-order valence-corrected chi connectivity index (χ1v) is 7.83. The molecule has 5 nitrogen and oxygen atoms in total. The monoisotopic (exact) mass is 303 g/mol. The molecule has 3 aromatic rings. The highest BCUT2D eigenvalue weighted by atomic mass is 32.1. The molecule has 0 spiro atoms. The molecule has 0 aromatic carbocycles. The van der Waals surface area contributed by atoms with Crippen LogP contribution in [0.1, 0.15) is 13.8 Å². The molecule has 0 fully saturated rings. The molecular formula is C13H13N5S2. The Morgan fingerprint density at radius 1 is 1.05 bits per heavy atom. The average Bonchev–Trinajstić information content (AvgIpc) is 3.07. The third kappa shape index (κ3) is 2.83. The fraction of sp³-hybridized carbons (Fsp3) is 0.231. The number of hydrogen-bond acceptors (Lipinski definition) is 7. The summed E-state index contributed by atoms with van der Waals surface area (Å²) in [5.74, 6) is 0. The van der Waals surface area contributed by atoms with Gasteiger partial charge in [-0.3, -0.25) is 4.98 Å². The lowest BCUT2D eigenvalue weighted by molar-refractivity contribution is 0.888. The van der Waals surface area contributed by atoms with E-state index in [1.165, 1.54) is 11.3 Å². The molecule has 0 unspecified atom stereocenters. The molecule has 0 saturated heterocycles. The van der Waals surface area contributed by atoms with Crippen molar-refractivity contribution in [1.82, 2.24) is 20.2 Å². The molecule has 0 amide bonds. The largest absolute Gasteiger partial charge is 0.358 e. The Bertz CT molecular complexity index is 690. The maximum absolute atomic E-state index is 4.41. The smallest absolute Gasteiger partial charge is 0.206 e. The molecule has 102 valence electrons. The summed E-state index contributed by atoms with van der Waals surface area (Å²) in [7, 11) is 0.